The number of halogens is 1. The van der Waals surface area contributed by atoms with Gasteiger partial charge in [-0.2, -0.15) is 0 Å². The van der Waals surface area contributed by atoms with Crippen LogP contribution in [-0.4, -0.2) is 74.6 Å². The van der Waals surface area contributed by atoms with E-state index in [-0.39, 0.29) is 43.2 Å². The fourth-order valence-corrected chi connectivity index (χ4v) is 6.04. The number of thiophene rings is 1. The first-order valence-electron chi connectivity index (χ1n) is 11.8. The van der Waals surface area contributed by atoms with Crippen LogP contribution in [0.15, 0.2) is 34.1 Å². The summed E-state index contributed by atoms with van der Waals surface area (Å²) in [5.74, 6) is -1.76. The highest BCUT2D eigenvalue weighted by molar-refractivity contribution is 9.11. The summed E-state index contributed by atoms with van der Waals surface area (Å²) in [4.78, 5) is 55.6. The first-order valence-corrected chi connectivity index (χ1v) is 13.4. The largest absolute Gasteiger partial charge is 0.370 e. The zero-order valence-corrected chi connectivity index (χ0v) is 23.6. The molecule has 198 valence electrons. The number of anilines is 2. The molecule has 10 nitrogen and oxygen atoms in total. The molecule has 0 aliphatic carbocycles. The molecule has 2 fully saturated rings. The van der Waals surface area contributed by atoms with Crippen molar-refractivity contribution in [2.75, 3.05) is 50.2 Å². The van der Waals surface area contributed by atoms with Crippen molar-refractivity contribution in [1.82, 2.24) is 15.8 Å². The number of amides is 4. The Balaban J connectivity index is 1.62. The molecular weight excluding hydrogens is 562 g/mol. The summed E-state index contributed by atoms with van der Waals surface area (Å²) in [7, 11) is 3.39. The molecule has 2 saturated heterocycles. The lowest BCUT2D eigenvalue weighted by molar-refractivity contribution is -0.130. The number of rotatable bonds is 7. The zero-order chi connectivity index (χ0) is 26.9. The van der Waals surface area contributed by atoms with E-state index in [2.05, 4.69) is 26.7 Å². The molecule has 0 spiro atoms. The summed E-state index contributed by atoms with van der Waals surface area (Å²) in [6, 6.07) is 8.98. The van der Waals surface area contributed by atoms with Gasteiger partial charge in [0.25, 0.3) is 11.8 Å². The van der Waals surface area contributed by atoms with Crippen LogP contribution >= 0.6 is 27.3 Å². The van der Waals surface area contributed by atoms with Gasteiger partial charge in [0.15, 0.2) is 0 Å². The van der Waals surface area contributed by atoms with Gasteiger partial charge in [0.05, 0.1) is 26.7 Å². The minimum atomic E-state index is -0.999. The van der Waals surface area contributed by atoms with Crippen molar-refractivity contribution in [3.63, 3.8) is 0 Å². The Morgan fingerprint density at radius 2 is 1.97 bits per heavy atom. The van der Waals surface area contributed by atoms with Gasteiger partial charge in [0.1, 0.15) is 6.61 Å². The van der Waals surface area contributed by atoms with Gasteiger partial charge >= 0.3 is 0 Å². The molecule has 2 unspecified atom stereocenters. The van der Waals surface area contributed by atoms with Crippen LogP contribution in [-0.2, 0) is 19.1 Å². The number of nitrogens with zero attached hydrogens (tertiary/aromatic N) is 3. The van der Waals surface area contributed by atoms with Gasteiger partial charge in [-0.15, -0.1) is 11.3 Å². The molecule has 2 aliphatic heterocycles. The zero-order valence-electron chi connectivity index (χ0n) is 21.2. The number of ether oxygens (including phenoxy) is 1. The molecular formula is C25H30BrN5O5S. The third-order valence-corrected chi connectivity index (χ3v) is 8.14. The molecule has 2 atom stereocenters. The Bertz CT molecular complexity index is 1230. The fourth-order valence-electron chi connectivity index (χ4n) is 4.76. The number of nitrogens with one attached hydrogen (secondary N) is 2. The van der Waals surface area contributed by atoms with E-state index in [1.807, 2.05) is 19.1 Å². The fraction of sp³-hybridized carbons (Fsp3) is 0.440. The molecule has 4 amide bonds. The lowest BCUT2D eigenvalue weighted by atomic mass is 9.85. The number of morpholine rings is 1. The second kappa shape index (κ2) is 10.9. The molecule has 3 heterocycles. The molecule has 37 heavy (non-hydrogen) atoms. The monoisotopic (exact) mass is 591 g/mol. The van der Waals surface area contributed by atoms with Crippen molar-refractivity contribution in [2.45, 2.75) is 25.8 Å². The van der Waals surface area contributed by atoms with Gasteiger partial charge < -0.3 is 19.9 Å². The quantitative estimate of drug-likeness (QED) is 0.478. The summed E-state index contributed by atoms with van der Waals surface area (Å²) in [6.07, 6.45) is -0.0855. The van der Waals surface area contributed by atoms with Gasteiger partial charge in [-0.3, -0.25) is 24.6 Å². The van der Waals surface area contributed by atoms with Crippen molar-refractivity contribution in [3.05, 3.63) is 44.6 Å². The van der Waals surface area contributed by atoms with Gasteiger partial charge in [-0.1, -0.05) is 0 Å². The summed E-state index contributed by atoms with van der Waals surface area (Å²) < 4.78 is 6.05. The molecule has 4 rings (SSSR count). The predicted octanol–water partition coefficient (Wildman–Crippen LogP) is 2.32. The number of carbonyl (C=O) groups is 4. The van der Waals surface area contributed by atoms with Crippen LogP contribution in [0, 0.1) is 12.8 Å². The highest BCUT2D eigenvalue weighted by atomic mass is 79.9. The van der Waals surface area contributed by atoms with Crippen LogP contribution < -0.4 is 20.5 Å². The van der Waals surface area contributed by atoms with E-state index in [0.717, 1.165) is 15.0 Å². The smallest absolute Gasteiger partial charge is 0.261 e. The number of carbonyl (C=O) groups excluding carboxylic acids is 4. The highest BCUT2D eigenvalue weighted by Crippen LogP contribution is 2.37. The molecule has 0 saturated carbocycles. The maximum Gasteiger partial charge on any atom is 0.261 e. The molecule has 1 aromatic carbocycles. The standard InChI is InChI=1S/C25H30BrN5O5S/c1-15-11-16(5-6-18(15)30-9-10-36-13-22(30)33)31-14-25(2,27-23(34)19-7-8-20(26)37-19)17(24(31)35)12-21(32)28-29(3)4/h5-8,11,17H,9-10,12-14H2,1-4H3,(H,27,34)(H,28,32). The average molecular weight is 593 g/mol. The average Bonchev–Trinajstić information content (AvgIpc) is 3.36. The lowest BCUT2D eigenvalue weighted by Crippen LogP contribution is -2.53. The second-order valence-corrected chi connectivity index (χ2v) is 12.1. The van der Waals surface area contributed by atoms with Crippen molar-refractivity contribution in [2.24, 2.45) is 5.92 Å². The van der Waals surface area contributed by atoms with E-state index in [9.17, 15) is 19.2 Å². The normalized spacial score (nSPS) is 22.1. The number of hydrazine groups is 1. The minimum absolute atomic E-state index is 0.0430. The summed E-state index contributed by atoms with van der Waals surface area (Å²) >= 11 is 4.67. The Labute approximate surface area is 228 Å². The molecule has 0 radical (unpaired) electrons. The maximum atomic E-state index is 13.7. The second-order valence-electron chi connectivity index (χ2n) is 9.65. The summed E-state index contributed by atoms with van der Waals surface area (Å²) in [6.45, 7) is 4.86. The predicted molar refractivity (Wildman–Crippen MR) is 145 cm³/mol. The Morgan fingerprint density at radius 1 is 1.22 bits per heavy atom. The maximum absolute atomic E-state index is 13.7. The van der Waals surface area contributed by atoms with E-state index in [4.69, 9.17) is 4.74 Å². The van der Waals surface area contributed by atoms with Crippen molar-refractivity contribution >= 4 is 62.3 Å². The number of hydrogen-bond acceptors (Lipinski definition) is 7. The van der Waals surface area contributed by atoms with Crippen molar-refractivity contribution in [1.29, 1.82) is 0 Å². The highest BCUT2D eigenvalue weighted by Gasteiger charge is 2.51. The Kier molecular flexibility index (Phi) is 8.02. The molecule has 2 aromatic rings. The molecule has 1 aromatic heterocycles. The van der Waals surface area contributed by atoms with E-state index < -0.39 is 11.5 Å². The SMILES string of the molecule is Cc1cc(N2CC(C)(NC(=O)c3ccc(Br)s3)C(CC(=O)NN(C)C)C2=O)ccc1N1CCOCC1=O. The van der Waals surface area contributed by atoms with Crippen molar-refractivity contribution < 1.29 is 23.9 Å². The van der Waals surface area contributed by atoms with Gasteiger partial charge in [-0.25, -0.2) is 5.01 Å². The number of hydrogen-bond donors (Lipinski definition) is 2. The number of aryl methyl sites for hydroxylation is 1. The Morgan fingerprint density at radius 3 is 2.59 bits per heavy atom. The van der Waals surface area contributed by atoms with E-state index >= 15 is 0 Å². The topological polar surface area (TPSA) is 111 Å². The third kappa shape index (κ3) is 5.87. The van der Waals surface area contributed by atoms with Crippen LogP contribution in [0.1, 0.15) is 28.6 Å². The van der Waals surface area contributed by atoms with Crippen LogP contribution in [0.5, 0.6) is 0 Å². The van der Waals surface area contributed by atoms with Gasteiger partial charge in [-0.05, 0) is 65.7 Å². The van der Waals surface area contributed by atoms with Crippen LogP contribution in [0.2, 0.25) is 0 Å². The van der Waals surface area contributed by atoms with Gasteiger partial charge in [0.2, 0.25) is 11.8 Å². The third-order valence-electron chi connectivity index (χ3n) is 6.52. The molecule has 2 aliphatic rings. The first-order chi connectivity index (χ1) is 17.5. The molecule has 0 bridgehead atoms. The van der Waals surface area contributed by atoms with E-state index in [0.29, 0.717) is 23.7 Å². The minimum Gasteiger partial charge on any atom is -0.370 e. The summed E-state index contributed by atoms with van der Waals surface area (Å²) in [5.41, 5.74) is 3.93. The van der Waals surface area contributed by atoms with Crippen LogP contribution in [0.4, 0.5) is 11.4 Å². The van der Waals surface area contributed by atoms with E-state index in [1.165, 1.54) is 16.3 Å². The molecule has 12 heteroatoms. The first kappa shape index (κ1) is 27.2. The van der Waals surface area contributed by atoms with Gasteiger partial charge in [0, 0.05) is 45.0 Å². The molecule has 2 N–H and O–H groups in total. The Hall–Kier alpha value is -2.80. The number of benzene rings is 1. The summed E-state index contributed by atoms with van der Waals surface area (Å²) in [5, 5.41) is 4.56. The van der Waals surface area contributed by atoms with Crippen molar-refractivity contribution in [3.8, 4) is 0 Å². The van der Waals surface area contributed by atoms with Crippen LogP contribution in [0.25, 0.3) is 0 Å². The van der Waals surface area contributed by atoms with E-state index in [1.54, 1.807) is 49.0 Å². The lowest BCUT2D eigenvalue weighted by Gasteiger charge is -2.30. The van der Waals surface area contributed by atoms with Crippen LogP contribution in [0.3, 0.4) is 0 Å².